The van der Waals surface area contributed by atoms with Gasteiger partial charge in [0.05, 0.1) is 68.3 Å². The predicted molar refractivity (Wildman–Crippen MR) is 243 cm³/mol. The number of anilines is 1. The fourth-order valence-electron chi connectivity index (χ4n) is 6.57. The lowest BCUT2D eigenvalue weighted by Crippen LogP contribution is -2.40. The molecule has 2 N–H and O–H groups in total. The second kappa shape index (κ2) is 26.7. The van der Waals surface area contributed by atoms with Crippen molar-refractivity contribution < 1.29 is 61.2 Å². The fourth-order valence-corrected chi connectivity index (χ4v) is 8.55. The van der Waals surface area contributed by atoms with Crippen LogP contribution in [0.5, 0.6) is 5.75 Å². The van der Waals surface area contributed by atoms with Crippen molar-refractivity contribution in [1.82, 2.24) is 20.4 Å². The number of ether oxygens (including phenoxy) is 5. The van der Waals surface area contributed by atoms with Crippen molar-refractivity contribution in [3.8, 4) is 5.75 Å². The lowest BCUT2D eigenvalue weighted by molar-refractivity contribution is -0.129. The number of benzene rings is 3. The summed E-state index contributed by atoms with van der Waals surface area (Å²) in [5.74, 6) is -5.67. The van der Waals surface area contributed by atoms with Gasteiger partial charge in [0.2, 0.25) is 11.8 Å². The highest BCUT2D eigenvalue weighted by molar-refractivity contribution is 8.08. The molecule has 0 radical (unpaired) electrons. The van der Waals surface area contributed by atoms with Crippen LogP contribution in [-0.4, -0.2) is 144 Å². The third-order valence-electron chi connectivity index (χ3n) is 9.73. The Morgan fingerprint density at radius 2 is 1.21 bits per heavy atom. The zero-order valence-corrected chi connectivity index (χ0v) is 38.8. The summed E-state index contributed by atoms with van der Waals surface area (Å²) in [5.41, 5.74) is 0.559. The van der Waals surface area contributed by atoms with Gasteiger partial charge in [-0.15, -0.1) is 0 Å². The number of hydrogen-bond acceptors (Lipinski definition) is 13. The average molecular weight is 956 g/mol. The predicted octanol–water partition coefficient (Wildman–Crippen LogP) is 5.05. The minimum atomic E-state index is -1.15. The van der Waals surface area contributed by atoms with Gasteiger partial charge in [0, 0.05) is 65.8 Å². The smallest absolute Gasteiger partial charge is 0.273 e. The molecule has 3 aromatic carbocycles. The number of thioether (sulfide) groups is 2. The Labute approximate surface area is 391 Å². The van der Waals surface area contributed by atoms with Crippen molar-refractivity contribution in [1.29, 1.82) is 0 Å². The fraction of sp³-hybridized carbons (Fsp3) is 0.435. The Morgan fingerprint density at radius 1 is 0.697 bits per heavy atom. The molecule has 0 atom stereocenters. The number of imide groups is 1. The first-order valence-electron chi connectivity index (χ1n) is 21.7. The summed E-state index contributed by atoms with van der Waals surface area (Å²) in [6.07, 6.45) is 1.61. The highest BCUT2D eigenvalue weighted by atomic mass is 32.2. The molecule has 16 nitrogen and oxygen atoms in total. The monoisotopic (exact) mass is 955 g/mol. The second-order valence-corrected chi connectivity index (χ2v) is 16.8. The van der Waals surface area contributed by atoms with Gasteiger partial charge < -0.3 is 44.1 Å². The molecule has 2 aliphatic rings. The van der Waals surface area contributed by atoms with Gasteiger partial charge in [-0.05, 0) is 68.3 Å². The minimum Gasteiger partial charge on any atom is -0.485 e. The molecular weight excluding hydrogens is 901 g/mol. The van der Waals surface area contributed by atoms with E-state index in [1.165, 1.54) is 0 Å². The summed E-state index contributed by atoms with van der Waals surface area (Å²) >= 11 is 1.97. The number of nitrogens with one attached hydrogen (secondary N) is 2. The van der Waals surface area contributed by atoms with E-state index in [0.29, 0.717) is 71.8 Å². The molecule has 356 valence electrons. The first-order chi connectivity index (χ1) is 31.9. The first kappa shape index (κ1) is 51.6. The van der Waals surface area contributed by atoms with Crippen LogP contribution in [0, 0.1) is 11.6 Å². The van der Waals surface area contributed by atoms with Crippen LogP contribution in [0.3, 0.4) is 0 Å². The summed E-state index contributed by atoms with van der Waals surface area (Å²) in [6.45, 7) is 9.20. The molecule has 0 spiro atoms. The molecule has 0 aromatic heterocycles. The molecule has 5 rings (SSSR count). The number of halogens is 2. The molecule has 2 heterocycles. The normalized spacial score (nSPS) is 13.9. The number of rotatable bonds is 26. The molecular formula is C46H55F2N5O11S2. The molecule has 0 bridgehead atoms. The summed E-state index contributed by atoms with van der Waals surface area (Å²) in [4.78, 5) is 83.0. The molecule has 1 fully saturated rings. The van der Waals surface area contributed by atoms with Crippen molar-refractivity contribution in [3.63, 3.8) is 0 Å². The van der Waals surface area contributed by atoms with E-state index in [0.717, 1.165) is 48.5 Å². The molecule has 1 saturated heterocycles. The maximum absolute atomic E-state index is 15.5. The summed E-state index contributed by atoms with van der Waals surface area (Å²) in [7, 11) is 0. The van der Waals surface area contributed by atoms with Crippen LogP contribution in [0.15, 0.2) is 80.3 Å². The van der Waals surface area contributed by atoms with E-state index >= 15 is 8.78 Å². The van der Waals surface area contributed by atoms with Crippen molar-refractivity contribution in [2.24, 2.45) is 0 Å². The van der Waals surface area contributed by atoms with Crippen molar-refractivity contribution in [2.45, 2.75) is 43.4 Å². The largest absolute Gasteiger partial charge is 0.485 e. The van der Waals surface area contributed by atoms with Crippen LogP contribution in [0.2, 0.25) is 0 Å². The molecule has 0 saturated carbocycles. The Kier molecular flexibility index (Phi) is 20.9. The summed E-state index contributed by atoms with van der Waals surface area (Å²) in [5, 5.41) is 4.99. The molecule has 6 amide bonds. The van der Waals surface area contributed by atoms with E-state index in [4.69, 9.17) is 23.7 Å². The third-order valence-corrected chi connectivity index (χ3v) is 12.0. The molecule has 66 heavy (non-hydrogen) atoms. The van der Waals surface area contributed by atoms with Gasteiger partial charge in [-0.2, -0.15) is 0 Å². The maximum Gasteiger partial charge on any atom is 0.273 e. The first-order valence-corrected chi connectivity index (χ1v) is 23.3. The van der Waals surface area contributed by atoms with Gasteiger partial charge in [0.25, 0.3) is 23.6 Å². The zero-order valence-electron chi connectivity index (χ0n) is 37.2. The standard InChI is InChI=1S/C46H55F2N5O11S2/c1-4-15-51(16-5-2)43(56)31-7-11-34(12-8-31)65-41-42(66-35-13-9-32(10-14-35)44(57)52-17-19-60-20-18-52)46(59)53(45(41)58)33-27-36(47)40(37(48)28-33)64-26-25-62-22-21-61-23-24-63-30-39(55)50-29-38(54)49-6-3/h7-14,27-28H,4-6,15-26,29-30H2,1-3H3,(H,49,54)(H,50,55). The van der Waals surface area contributed by atoms with Crippen LogP contribution in [0.4, 0.5) is 14.5 Å². The van der Waals surface area contributed by atoms with Crippen molar-refractivity contribution >= 4 is 64.7 Å². The second-order valence-electron chi connectivity index (χ2n) is 14.6. The molecule has 3 aromatic rings. The van der Waals surface area contributed by atoms with Crippen LogP contribution in [-0.2, 0) is 38.1 Å². The van der Waals surface area contributed by atoms with Crippen LogP contribution >= 0.6 is 23.5 Å². The highest BCUT2D eigenvalue weighted by Crippen LogP contribution is 2.44. The van der Waals surface area contributed by atoms with E-state index in [1.807, 2.05) is 13.8 Å². The highest BCUT2D eigenvalue weighted by Gasteiger charge is 2.41. The van der Waals surface area contributed by atoms with Gasteiger partial charge in [-0.1, -0.05) is 37.4 Å². The third kappa shape index (κ3) is 14.8. The maximum atomic E-state index is 15.5. The number of morpholine rings is 1. The number of hydrogen-bond donors (Lipinski definition) is 2. The zero-order chi connectivity index (χ0) is 47.4. The van der Waals surface area contributed by atoms with E-state index < -0.39 is 35.1 Å². The van der Waals surface area contributed by atoms with Gasteiger partial charge in [-0.3, -0.25) is 28.8 Å². The summed E-state index contributed by atoms with van der Waals surface area (Å²) < 4.78 is 57.7. The number of nitrogens with zero attached hydrogens (tertiary/aromatic N) is 3. The minimum absolute atomic E-state index is 0.00142. The van der Waals surface area contributed by atoms with E-state index in [9.17, 15) is 28.8 Å². The topological polar surface area (TPSA) is 182 Å². The quantitative estimate of drug-likeness (QED) is 0.0807. The van der Waals surface area contributed by atoms with Gasteiger partial charge in [0.15, 0.2) is 17.4 Å². The van der Waals surface area contributed by atoms with Crippen molar-refractivity contribution in [2.75, 3.05) is 104 Å². The average Bonchev–Trinajstić information content (AvgIpc) is 3.54. The van der Waals surface area contributed by atoms with Crippen molar-refractivity contribution in [3.05, 3.63) is 93.2 Å². The lowest BCUT2D eigenvalue weighted by Gasteiger charge is -2.26. The van der Waals surface area contributed by atoms with Gasteiger partial charge >= 0.3 is 0 Å². The van der Waals surface area contributed by atoms with E-state index in [1.54, 1.807) is 65.3 Å². The molecule has 2 aliphatic heterocycles. The Morgan fingerprint density at radius 3 is 1.74 bits per heavy atom. The van der Waals surface area contributed by atoms with E-state index in [2.05, 4.69) is 10.6 Å². The van der Waals surface area contributed by atoms with Gasteiger partial charge in [0.1, 0.15) is 13.2 Å². The number of carbonyl (C=O) groups excluding carboxylic acids is 6. The van der Waals surface area contributed by atoms with E-state index in [-0.39, 0.29) is 86.0 Å². The van der Waals surface area contributed by atoms with Crippen LogP contribution in [0.1, 0.15) is 54.3 Å². The van der Waals surface area contributed by atoms with Crippen LogP contribution < -0.4 is 20.3 Å². The SMILES string of the molecule is CCCN(CCC)C(=O)c1ccc(SC2=C(Sc3ccc(C(=O)N4CCOCC4)cc3)C(=O)N(c3cc(F)c(OCCOCCOCCOCC(=O)NCC(=O)NCC)c(F)c3)C2=O)cc1. The molecule has 0 aliphatic carbocycles. The summed E-state index contributed by atoms with van der Waals surface area (Å²) in [6, 6.07) is 15.0. The number of carbonyl (C=O) groups is 6. The Bertz CT molecular complexity index is 2160. The number of amides is 6. The molecule has 20 heteroatoms. The van der Waals surface area contributed by atoms with Gasteiger partial charge in [-0.25, -0.2) is 13.7 Å². The lowest BCUT2D eigenvalue weighted by atomic mass is 10.2. The number of likely N-dealkylation sites (N-methyl/N-ethyl adjacent to an activating group) is 1. The van der Waals surface area contributed by atoms with Crippen LogP contribution in [0.25, 0.3) is 0 Å². The molecule has 0 unspecified atom stereocenters. The Balaban J connectivity index is 1.20. The Hall–Kier alpha value is -5.38.